The molecule has 92 valence electrons. The van der Waals surface area contributed by atoms with E-state index >= 15 is 0 Å². The van der Waals surface area contributed by atoms with Gasteiger partial charge in [0.2, 0.25) is 0 Å². The molecule has 0 amide bonds. The highest BCUT2D eigenvalue weighted by Gasteiger charge is 2.36. The van der Waals surface area contributed by atoms with Crippen LogP contribution in [0, 0.1) is 19.8 Å². The SMILES string of the molecule is CCC1CC1Nc1nnc(C)c(C)c1C(=O)O. The molecule has 5 nitrogen and oxygen atoms in total. The average molecular weight is 235 g/mol. The van der Waals surface area contributed by atoms with Crippen molar-refractivity contribution in [1.29, 1.82) is 0 Å². The summed E-state index contributed by atoms with van der Waals surface area (Å²) in [6.07, 6.45) is 2.20. The minimum Gasteiger partial charge on any atom is -0.478 e. The normalized spacial score (nSPS) is 22.3. The summed E-state index contributed by atoms with van der Waals surface area (Å²) in [5, 5.41) is 20.3. The van der Waals surface area contributed by atoms with Gasteiger partial charge in [0.05, 0.1) is 5.69 Å². The monoisotopic (exact) mass is 235 g/mol. The highest BCUT2D eigenvalue weighted by molar-refractivity contribution is 5.94. The van der Waals surface area contributed by atoms with Gasteiger partial charge in [-0.2, -0.15) is 5.10 Å². The van der Waals surface area contributed by atoms with E-state index in [9.17, 15) is 9.90 Å². The van der Waals surface area contributed by atoms with Gasteiger partial charge in [-0.05, 0) is 31.7 Å². The van der Waals surface area contributed by atoms with Crippen LogP contribution >= 0.6 is 0 Å². The van der Waals surface area contributed by atoms with Crippen LogP contribution in [0.3, 0.4) is 0 Å². The predicted octanol–water partition coefficient (Wildman–Crippen LogP) is 2.00. The molecule has 0 aromatic carbocycles. The minimum absolute atomic E-state index is 0.249. The number of nitrogens with zero attached hydrogens (tertiary/aromatic N) is 2. The zero-order valence-corrected chi connectivity index (χ0v) is 10.3. The van der Waals surface area contributed by atoms with Gasteiger partial charge in [0.15, 0.2) is 5.82 Å². The first kappa shape index (κ1) is 11.8. The zero-order valence-electron chi connectivity index (χ0n) is 10.3. The first-order valence-corrected chi connectivity index (χ1v) is 5.88. The summed E-state index contributed by atoms with van der Waals surface area (Å²) < 4.78 is 0. The first-order chi connectivity index (χ1) is 8.04. The fourth-order valence-corrected chi connectivity index (χ4v) is 2.02. The molecule has 1 aromatic rings. The molecule has 1 saturated carbocycles. The van der Waals surface area contributed by atoms with Gasteiger partial charge in [-0.15, -0.1) is 5.10 Å². The topological polar surface area (TPSA) is 75.1 Å². The number of hydrogen-bond acceptors (Lipinski definition) is 4. The maximum Gasteiger partial charge on any atom is 0.339 e. The Balaban J connectivity index is 2.27. The van der Waals surface area contributed by atoms with E-state index in [0.717, 1.165) is 12.8 Å². The van der Waals surface area contributed by atoms with Crippen LogP contribution in [0.4, 0.5) is 5.82 Å². The summed E-state index contributed by atoms with van der Waals surface area (Å²) in [5.41, 5.74) is 1.60. The van der Waals surface area contributed by atoms with Crippen LogP contribution in [0.15, 0.2) is 0 Å². The third kappa shape index (κ3) is 2.23. The summed E-state index contributed by atoms with van der Waals surface area (Å²) in [7, 11) is 0. The molecule has 5 heteroatoms. The Morgan fingerprint density at radius 1 is 1.47 bits per heavy atom. The second-order valence-electron chi connectivity index (χ2n) is 4.59. The zero-order chi connectivity index (χ0) is 12.6. The summed E-state index contributed by atoms with van der Waals surface area (Å²) in [5.74, 6) is 0.0957. The highest BCUT2D eigenvalue weighted by atomic mass is 16.4. The van der Waals surface area contributed by atoms with Crippen molar-refractivity contribution in [3.8, 4) is 0 Å². The van der Waals surface area contributed by atoms with Gasteiger partial charge in [0.25, 0.3) is 0 Å². The molecule has 0 radical (unpaired) electrons. The Morgan fingerprint density at radius 3 is 2.71 bits per heavy atom. The number of rotatable bonds is 4. The average Bonchev–Trinajstić information content (AvgIpc) is 3.01. The first-order valence-electron chi connectivity index (χ1n) is 5.88. The summed E-state index contributed by atoms with van der Waals surface area (Å²) in [6, 6.07) is 0.356. The van der Waals surface area contributed by atoms with Crippen molar-refractivity contribution < 1.29 is 9.90 Å². The summed E-state index contributed by atoms with van der Waals surface area (Å²) >= 11 is 0. The molecular weight excluding hydrogens is 218 g/mol. The molecule has 0 spiro atoms. The van der Waals surface area contributed by atoms with Crippen molar-refractivity contribution in [2.24, 2.45) is 5.92 Å². The standard InChI is InChI=1S/C12H17N3O2/c1-4-8-5-9(8)13-11-10(12(16)17)6(2)7(3)14-15-11/h8-9H,4-5H2,1-3H3,(H,13,15)(H,16,17). The number of nitrogens with one attached hydrogen (secondary N) is 1. The molecule has 2 unspecified atom stereocenters. The molecule has 2 rings (SSSR count). The van der Waals surface area contributed by atoms with Gasteiger partial charge >= 0.3 is 5.97 Å². The van der Waals surface area contributed by atoms with Gasteiger partial charge in [-0.25, -0.2) is 4.79 Å². The number of carbonyl (C=O) groups is 1. The van der Waals surface area contributed by atoms with Crippen molar-refractivity contribution in [2.75, 3.05) is 5.32 Å². The van der Waals surface area contributed by atoms with Crippen LogP contribution in [0.5, 0.6) is 0 Å². The van der Waals surface area contributed by atoms with E-state index in [2.05, 4.69) is 22.4 Å². The Kier molecular flexibility index (Phi) is 3.00. The second kappa shape index (κ2) is 4.31. The number of anilines is 1. The number of carboxylic acid groups (broad SMARTS) is 1. The predicted molar refractivity (Wildman–Crippen MR) is 64.3 cm³/mol. The van der Waals surface area contributed by atoms with Crippen LogP contribution in [-0.4, -0.2) is 27.3 Å². The number of hydrogen-bond donors (Lipinski definition) is 2. The molecule has 1 aliphatic rings. The van der Waals surface area contributed by atoms with Crippen LogP contribution in [0.2, 0.25) is 0 Å². The maximum absolute atomic E-state index is 11.2. The smallest absolute Gasteiger partial charge is 0.339 e. The van der Waals surface area contributed by atoms with E-state index in [4.69, 9.17) is 0 Å². The number of carboxylic acids is 1. The van der Waals surface area contributed by atoms with E-state index in [1.54, 1.807) is 13.8 Å². The quantitative estimate of drug-likeness (QED) is 0.834. The van der Waals surface area contributed by atoms with Crippen LogP contribution in [0.25, 0.3) is 0 Å². The number of aryl methyl sites for hydroxylation is 1. The molecule has 1 aromatic heterocycles. The van der Waals surface area contributed by atoms with Crippen molar-refractivity contribution >= 4 is 11.8 Å². The fourth-order valence-electron chi connectivity index (χ4n) is 2.02. The molecule has 0 saturated heterocycles. The number of aromatic nitrogens is 2. The summed E-state index contributed by atoms with van der Waals surface area (Å²) in [6.45, 7) is 5.67. The number of aromatic carboxylic acids is 1. The lowest BCUT2D eigenvalue weighted by atomic mass is 10.1. The summed E-state index contributed by atoms with van der Waals surface area (Å²) in [4.78, 5) is 11.2. The van der Waals surface area contributed by atoms with E-state index in [0.29, 0.717) is 29.0 Å². The van der Waals surface area contributed by atoms with E-state index in [1.807, 2.05) is 0 Å². The molecule has 2 atom stereocenters. The maximum atomic E-state index is 11.2. The van der Waals surface area contributed by atoms with Crippen LogP contribution < -0.4 is 5.32 Å². The van der Waals surface area contributed by atoms with Crippen molar-refractivity contribution in [3.05, 3.63) is 16.8 Å². The lowest BCUT2D eigenvalue weighted by Gasteiger charge is -2.10. The molecule has 0 aliphatic heterocycles. The molecule has 1 aliphatic carbocycles. The Hall–Kier alpha value is -1.65. The second-order valence-corrected chi connectivity index (χ2v) is 4.59. The molecule has 1 heterocycles. The molecule has 2 N–H and O–H groups in total. The van der Waals surface area contributed by atoms with Gasteiger partial charge in [-0.1, -0.05) is 13.3 Å². The third-order valence-electron chi connectivity index (χ3n) is 3.44. The van der Waals surface area contributed by atoms with Crippen molar-refractivity contribution in [1.82, 2.24) is 10.2 Å². The van der Waals surface area contributed by atoms with Crippen LogP contribution in [-0.2, 0) is 0 Å². The lowest BCUT2D eigenvalue weighted by molar-refractivity contribution is 0.0696. The molecule has 1 fully saturated rings. The van der Waals surface area contributed by atoms with Gasteiger partial charge in [0, 0.05) is 6.04 Å². The van der Waals surface area contributed by atoms with E-state index in [-0.39, 0.29) is 5.56 Å². The van der Waals surface area contributed by atoms with Crippen molar-refractivity contribution in [2.45, 2.75) is 39.7 Å². The van der Waals surface area contributed by atoms with Gasteiger partial charge in [0.1, 0.15) is 5.56 Å². The Labute approximate surface area is 100 Å². The Morgan fingerprint density at radius 2 is 2.18 bits per heavy atom. The highest BCUT2D eigenvalue weighted by Crippen LogP contribution is 2.36. The van der Waals surface area contributed by atoms with E-state index in [1.165, 1.54) is 0 Å². The van der Waals surface area contributed by atoms with Gasteiger partial charge < -0.3 is 10.4 Å². The van der Waals surface area contributed by atoms with Crippen LogP contribution in [0.1, 0.15) is 41.4 Å². The van der Waals surface area contributed by atoms with Crippen molar-refractivity contribution in [3.63, 3.8) is 0 Å². The molecule has 17 heavy (non-hydrogen) atoms. The lowest BCUT2D eigenvalue weighted by Crippen LogP contribution is -2.15. The fraction of sp³-hybridized carbons (Fsp3) is 0.583. The largest absolute Gasteiger partial charge is 0.478 e. The third-order valence-corrected chi connectivity index (χ3v) is 3.44. The Bertz CT molecular complexity index is 459. The van der Waals surface area contributed by atoms with Gasteiger partial charge in [-0.3, -0.25) is 0 Å². The molecule has 0 bridgehead atoms. The van der Waals surface area contributed by atoms with E-state index < -0.39 is 5.97 Å². The molecular formula is C12H17N3O2. The minimum atomic E-state index is -0.948.